The van der Waals surface area contributed by atoms with Crippen LogP contribution in [0.5, 0.6) is 5.75 Å². The number of aromatic nitrogens is 1. The molecule has 0 aliphatic carbocycles. The van der Waals surface area contributed by atoms with Crippen LogP contribution >= 0.6 is 0 Å². The molecule has 3 heterocycles. The van der Waals surface area contributed by atoms with Crippen LogP contribution in [0.3, 0.4) is 0 Å². The molecule has 2 aromatic carbocycles. The molecule has 41 heavy (non-hydrogen) atoms. The van der Waals surface area contributed by atoms with Crippen molar-refractivity contribution in [1.29, 1.82) is 0 Å². The van der Waals surface area contributed by atoms with Gasteiger partial charge < -0.3 is 10.4 Å². The number of benzene rings is 2. The summed E-state index contributed by atoms with van der Waals surface area (Å²) in [6.45, 7) is 14.4. The van der Waals surface area contributed by atoms with Crippen molar-refractivity contribution in [3.05, 3.63) is 70.9 Å². The number of fused-ring (bicyclic) bond motifs is 1. The molecule has 222 valence electrons. The highest BCUT2D eigenvalue weighted by Gasteiger charge is 2.38. The number of pyridine rings is 1. The number of hydrogen-bond acceptors (Lipinski definition) is 6. The minimum Gasteiger partial charge on any atom is -0.508 e. The zero-order chi connectivity index (χ0) is 29.1. The Hall–Kier alpha value is -2.51. The Labute approximate surface area is 247 Å². The summed E-state index contributed by atoms with van der Waals surface area (Å²) in [7, 11) is 4.34. The average molecular weight is 558 g/mol. The van der Waals surface area contributed by atoms with E-state index < -0.39 is 0 Å². The van der Waals surface area contributed by atoms with E-state index in [0.29, 0.717) is 23.9 Å². The van der Waals surface area contributed by atoms with Gasteiger partial charge in [-0.1, -0.05) is 38.5 Å². The number of piperazine rings is 1. The lowest BCUT2D eigenvalue weighted by atomic mass is 9.79. The van der Waals surface area contributed by atoms with E-state index in [1.807, 2.05) is 12.1 Å². The summed E-state index contributed by atoms with van der Waals surface area (Å²) in [6, 6.07) is 18.7. The molecule has 1 aromatic heterocycles. The Morgan fingerprint density at radius 1 is 1.02 bits per heavy atom. The highest BCUT2D eigenvalue weighted by Crippen LogP contribution is 2.39. The van der Waals surface area contributed by atoms with Gasteiger partial charge in [-0.15, -0.1) is 0 Å². The molecular formula is C35H51N5O. The summed E-state index contributed by atoms with van der Waals surface area (Å²) in [5, 5.41) is 15.1. The molecular weight excluding hydrogens is 506 g/mol. The Morgan fingerprint density at radius 2 is 1.76 bits per heavy atom. The zero-order valence-electron chi connectivity index (χ0n) is 26.2. The molecule has 0 radical (unpaired) electrons. The van der Waals surface area contributed by atoms with Crippen LogP contribution in [0.15, 0.2) is 48.5 Å². The minimum atomic E-state index is -0.0404. The van der Waals surface area contributed by atoms with Crippen molar-refractivity contribution in [2.24, 2.45) is 0 Å². The van der Waals surface area contributed by atoms with Gasteiger partial charge in [0.15, 0.2) is 0 Å². The molecule has 5 rings (SSSR count). The SMILES string of the molecule is CCCC(c1cc2cc(CN3CCC(c4cccc(O)c4)(N(C)C)CC3)ccc2nc1CC)N1CC(C)NC(C)C1. The number of nitrogens with one attached hydrogen (secondary N) is 1. The number of phenolic OH excluding ortho intramolecular Hbond substituents is 1. The largest absolute Gasteiger partial charge is 0.508 e. The number of aryl methyl sites for hydroxylation is 1. The number of hydrogen-bond donors (Lipinski definition) is 2. The third kappa shape index (κ3) is 6.46. The van der Waals surface area contributed by atoms with Crippen molar-refractivity contribution in [2.75, 3.05) is 40.3 Å². The molecule has 2 N–H and O–H groups in total. The van der Waals surface area contributed by atoms with Gasteiger partial charge in [0.05, 0.1) is 5.52 Å². The smallest absolute Gasteiger partial charge is 0.115 e. The normalized spacial score (nSPS) is 22.8. The van der Waals surface area contributed by atoms with E-state index in [4.69, 9.17) is 4.98 Å². The Kier molecular flexibility index (Phi) is 9.34. The van der Waals surface area contributed by atoms with Crippen molar-refractivity contribution in [3.8, 4) is 5.75 Å². The first-order chi connectivity index (χ1) is 19.7. The van der Waals surface area contributed by atoms with Crippen LogP contribution in [0.25, 0.3) is 10.9 Å². The van der Waals surface area contributed by atoms with Gasteiger partial charge in [-0.3, -0.25) is 19.7 Å². The molecule has 3 aromatic rings. The quantitative estimate of drug-likeness (QED) is 0.333. The lowest BCUT2D eigenvalue weighted by molar-refractivity contribution is 0.0506. The maximum atomic E-state index is 10.1. The fourth-order valence-corrected chi connectivity index (χ4v) is 7.51. The molecule has 2 fully saturated rings. The van der Waals surface area contributed by atoms with E-state index in [1.54, 1.807) is 6.07 Å². The van der Waals surface area contributed by atoms with Gasteiger partial charge in [0.1, 0.15) is 5.75 Å². The standard InChI is InChI=1S/C35H51N5O/c1-7-10-34(40-22-25(3)36-26(4)23-40)31-20-28-19-27(13-14-33(28)37-32(31)8-2)24-39-17-15-35(16-18-39,38(5)6)29-11-9-12-30(41)21-29/h9,11-14,19-21,25-26,34,36,41H,7-8,10,15-18,22-24H2,1-6H3. The first-order valence-electron chi connectivity index (χ1n) is 15.8. The van der Waals surface area contributed by atoms with E-state index in [2.05, 4.69) is 92.1 Å². The lowest BCUT2D eigenvalue weighted by Crippen LogP contribution is -2.55. The summed E-state index contributed by atoms with van der Waals surface area (Å²) in [5.41, 5.74) is 6.33. The van der Waals surface area contributed by atoms with Crippen LogP contribution in [0.1, 0.15) is 81.8 Å². The first-order valence-corrected chi connectivity index (χ1v) is 15.8. The maximum absolute atomic E-state index is 10.1. The van der Waals surface area contributed by atoms with E-state index >= 15 is 0 Å². The third-order valence-corrected chi connectivity index (χ3v) is 9.60. The number of rotatable bonds is 9. The van der Waals surface area contributed by atoms with Crippen molar-refractivity contribution >= 4 is 10.9 Å². The molecule has 0 spiro atoms. The van der Waals surface area contributed by atoms with Gasteiger partial charge in [-0.25, -0.2) is 0 Å². The molecule has 6 heteroatoms. The second kappa shape index (κ2) is 12.8. The highest BCUT2D eigenvalue weighted by molar-refractivity contribution is 5.80. The van der Waals surface area contributed by atoms with E-state index in [0.717, 1.165) is 57.5 Å². The second-order valence-corrected chi connectivity index (χ2v) is 12.9. The first kappa shape index (κ1) is 30.0. The van der Waals surface area contributed by atoms with E-state index in [9.17, 15) is 5.11 Å². The number of phenols is 1. The Morgan fingerprint density at radius 3 is 2.39 bits per heavy atom. The summed E-state index contributed by atoms with van der Waals surface area (Å²) in [6.07, 6.45) is 5.39. The van der Waals surface area contributed by atoms with Crippen LogP contribution < -0.4 is 5.32 Å². The van der Waals surface area contributed by atoms with Crippen molar-refractivity contribution in [2.45, 2.75) is 90.0 Å². The van der Waals surface area contributed by atoms with Gasteiger partial charge in [-0.05, 0) is 101 Å². The summed E-state index contributed by atoms with van der Waals surface area (Å²) >= 11 is 0. The lowest BCUT2D eigenvalue weighted by Gasteiger charge is -2.46. The highest BCUT2D eigenvalue weighted by atomic mass is 16.3. The zero-order valence-corrected chi connectivity index (χ0v) is 26.2. The summed E-state index contributed by atoms with van der Waals surface area (Å²) < 4.78 is 0. The molecule has 0 amide bonds. The monoisotopic (exact) mass is 557 g/mol. The van der Waals surface area contributed by atoms with Gasteiger partial charge >= 0.3 is 0 Å². The topological polar surface area (TPSA) is 54.9 Å². The van der Waals surface area contributed by atoms with Crippen molar-refractivity contribution in [1.82, 2.24) is 25.0 Å². The minimum absolute atomic E-state index is 0.0404. The van der Waals surface area contributed by atoms with Gasteiger partial charge in [0.25, 0.3) is 0 Å². The Bertz CT molecular complexity index is 1310. The average Bonchev–Trinajstić information content (AvgIpc) is 2.95. The number of likely N-dealkylation sites (tertiary alicyclic amines) is 1. The molecule has 2 aliphatic rings. The van der Waals surface area contributed by atoms with Gasteiger partial charge in [0, 0.05) is 67.5 Å². The van der Waals surface area contributed by atoms with Gasteiger partial charge in [-0.2, -0.15) is 0 Å². The number of nitrogens with zero attached hydrogens (tertiary/aromatic N) is 4. The number of aromatic hydroxyl groups is 1. The van der Waals surface area contributed by atoms with Crippen LogP contribution in [0.4, 0.5) is 0 Å². The fourth-order valence-electron chi connectivity index (χ4n) is 7.51. The second-order valence-electron chi connectivity index (χ2n) is 12.9. The maximum Gasteiger partial charge on any atom is 0.115 e. The Balaban J connectivity index is 1.37. The van der Waals surface area contributed by atoms with Crippen LogP contribution in [-0.2, 0) is 18.5 Å². The molecule has 6 nitrogen and oxygen atoms in total. The molecule has 0 bridgehead atoms. The van der Waals surface area contributed by atoms with Crippen molar-refractivity contribution in [3.63, 3.8) is 0 Å². The molecule has 2 aliphatic heterocycles. The predicted octanol–water partition coefficient (Wildman–Crippen LogP) is 6.08. The summed E-state index contributed by atoms with van der Waals surface area (Å²) in [4.78, 5) is 12.9. The van der Waals surface area contributed by atoms with Gasteiger partial charge in [0.2, 0.25) is 0 Å². The van der Waals surface area contributed by atoms with Crippen LogP contribution in [-0.4, -0.2) is 77.1 Å². The number of piperidine rings is 1. The van der Waals surface area contributed by atoms with Crippen molar-refractivity contribution < 1.29 is 5.11 Å². The molecule has 0 saturated carbocycles. The summed E-state index contributed by atoms with van der Waals surface area (Å²) in [5.74, 6) is 0.351. The molecule has 2 saturated heterocycles. The third-order valence-electron chi connectivity index (χ3n) is 9.60. The van der Waals surface area contributed by atoms with E-state index in [1.165, 1.54) is 40.6 Å². The van der Waals surface area contributed by atoms with Crippen LogP contribution in [0, 0.1) is 0 Å². The van der Waals surface area contributed by atoms with E-state index in [-0.39, 0.29) is 5.54 Å². The fraction of sp³-hybridized carbons (Fsp3) is 0.571. The molecule has 3 atom stereocenters. The predicted molar refractivity (Wildman–Crippen MR) is 170 cm³/mol. The van der Waals surface area contributed by atoms with Crippen LogP contribution in [0.2, 0.25) is 0 Å². The molecule has 3 unspecified atom stereocenters.